The van der Waals surface area contributed by atoms with Crippen molar-refractivity contribution in [2.45, 2.75) is 19.8 Å². The van der Waals surface area contributed by atoms with Crippen LogP contribution in [0.1, 0.15) is 19.8 Å². The Morgan fingerprint density at radius 3 is 2.96 bits per heavy atom. The van der Waals surface area contributed by atoms with Gasteiger partial charge in [-0.05, 0) is 43.0 Å². The van der Waals surface area contributed by atoms with E-state index >= 15 is 0 Å². The molecule has 1 aliphatic rings. The van der Waals surface area contributed by atoms with Crippen molar-refractivity contribution in [1.29, 1.82) is 0 Å². The molecule has 2 aromatic heterocycles. The quantitative estimate of drug-likeness (QED) is 0.757. The highest BCUT2D eigenvalue weighted by atomic mass is 16.1. The van der Waals surface area contributed by atoms with Gasteiger partial charge < -0.3 is 10.6 Å². The molecule has 3 aromatic rings. The van der Waals surface area contributed by atoms with Crippen molar-refractivity contribution in [1.82, 2.24) is 14.6 Å². The third-order valence-corrected chi connectivity index (χ3v) is 4.11. The highest BCUT2D eigenvalue weighted by Gasteiger charge is 2.20. The molecule has 0 unspecified atom stereocenters. The van der Waals surface area contributed by atoms with E-state index in [1.54, 1.807) is 6.20 Å². The summed E-state index contributed by atoms with van der Waals surface area (Å²) in [5, 5.41) is 10.9. The predicted octanol–water partition coefficient (Wildman–Crippen LogP) is 3.18. The zero-order valence-corrected chi connectivity index (χ0v) is 13.5. The Hall–Kier alpha value is -2.89. The molecule has 0 aliphatic heterocycles. The van der Waals surface area contributed by atoms with Crippen molar-refractivity contribution in [3.05, 3.63) is 42.6 Å². The fraction of sp³-hybridized carbons (Fsp3) is 0.278. The molecule has 24 heavy (non-hydrogen) atoms. The summed E-state index contributed by atoms with van der Waals surface area (Å²) in [5.41, 5.74) is 3.41. The van der Waals surface area contributed by atoms with E-state index in [2.05, 4.69) is 20.7 Å². The molecule has 1 fully saturated rings. The zero-order valence-electron chi connectivity index (χ0n) is 13.5. The molecule has 1 aromatic carbocycles. The molecular weight excluding hydrogens is 302 g/mol. The van der Waals surface area contributed by atoms with Crippen LogP contribution in [0, 0.1) is 5.92 Å². The van der Waals surface area contributed by atoms with Crippen LogP contribution in [-0.4, -0.2) is 27.0 Å². The van der Waals surface area contributed by atoms with Crippen molar-refractivity contribution < 1.29 is 4.79 Å². The van der Waals surface area contributed by atoms with E-state index < -0.39 is 0 Å². The summed E-state index contributed by atoms with van der Waals surface area (Å²) in [4.78, 5) is 15.7. The van der Waals surface area contributed by atoms with Crippen molar-refractivity contribution >= 4 is 23.1 Å². The molecule has 4 rings (SSSR count). The fourth-order valence-electron chi connectivity index (χ4n) is 2.69. The van der Waals surface area contributed by atoms with Gasteiger partial charge in [0.25, 0.3) is 0 Å². The normalized spacial score (nSPS) is 13.9. The summed E-state index contributed by atoms with van der Waals surface area (Å²) in [6, 6.07) is 11.6. The summed E-state index contributed by atoms with van der Waals surface area (Å²) in [5.74, 6) is 1.56. The molecule has 0 saturated heterocycles. The van der Waals surface area contributed by atoms with Gasteiger partial charge in [-0.25, -0.2) is 9.50 Å². The number of carbonyl (C=O) groups excluding carboxylic acids is 1. The summed E-state index contributed by atoms with van der Waals surface area (Å²) in [6.45, 7) is 2.47. The third kappa shape index (κ3) is 3.08. The van der Waals surface area contributed by atoms with Crippen LogP contribution in [0.3, 0.4) is 0 Å². The number of imidazole rings is 1. The molecule has 0 atom stereocenters. The second-order valence-corrected chi connectivity index (χ2v) is 6.22. The van der Waals surface area contributed by atoms with Crippen LogP contribution in [0.25, 0.3) is 16.9 Å². The molecule has 0 bridgehead atoms. The first-order chi connectivity index (χ1) is 11.7. The van der Waals surface area contributed by atoms with Gasteiger partial charge in [0.1, 0.15) is 5.82 Å². The van der Waals surface area contributed by atoms with Crippen LogP contribution >= 0.6 is 0 Å². The van der Waals surface area contributed by atoms with Gasteiger partial charge in [-0.1, -0.05) is 12.1 Å². The molecule has 0 spiro atoms. The molecule has 1 saturated carbocycles. The smallest absolute Gasteiger partial charge is 0.221 e. The Labute approximate surface area is 139 Å². The number of rotatable bonds is 5. The summed E-state index contributed by atoms with van der Waals surface area (Å²) in [6.07, 6.45) is 4.42. The van der Waals surface area contributed by atoms with Gasteiger partial charge in [0.15, 0.2) is 5.65 Å². The van der Waals surface area contributed by atoms with Gasteiger partial charge in [0.2, 0.25) is 5.91 Å². The fourth-order valence-corrected chi connectivity index (χ4v) is 2.69. The lowest BCUT2D eigenvalue weighted by atomic mass is 10.1. The van der Waals surface area contributed by atoms with Crippen molar-refractivity contribution in [3.8, 4) is 11.3 Å². The number of carbonyl (C=O) groups is 1. The topological polar surface area (TPSA) is 71.3 Å². The molecular formula is C18H19N5O. The lowest BCUT2D eigenvalue weighted by Gasteiger charge is -2.08. The van der Waals surface area contributed by atoms with Crippen LogP contribution < -0.4 is 10.6 Å². The molecule has 1 amide bonds. The highest BCUT2D eigenvalue weighted by Crippen LogP contribution is 2.29. The van der Waals surface area contributed by atoms with Crippen molar-refractivity contribution in [3.63, 3.8) is 0 Å². The van der Waals surface area contributed by atoms with Gasteiger partial charge in [-0.2, -0.15) is 0 Å². The first-order valence-electron chi connectivity index (χ1n) is 8.16. The maximum atomic E-state index is 11.3. The summed E-state index contributed by atoms with van der Waals surface area (Å²) in [7, 11) is 0. The molecule has 2 heterocycles. The van der Waals surface area contributed by atoms with Crippen LogP contribution in [0.15, 0.2) is 42.6 Å². The van der Waals surface area contributed by atoms with Crippen LogP contribution in [0.2, 0.25) is 0 Å². The van der Waals surface area contributed by atoms with Crippen LogP contribution in [0.4, 0.5) is 11.5 Å². The van der Waals surface area contributed by atoms with E-state index in [4.69, 9.17) is 0 Å². The SMILES string of the molecule is CC(=O)Nc1cccc(-c2cnc3ccc(NCC4CC4)nn23)c1. The van der Waals surface area contributed by atoms with Crippen LogP contribution in [0.5, 0.6) is 0 Å². The predicted molar refractivity (Wildman–Crippen MR) is 93.9 cm³/mol. The summed E-state index contributed by atoms with van der Waals surface area (Å²) >= 11 is 0. The Morgan fingerprint density at radius 2 is 2.17 bits per heavy atom. The minimum Gasteiger partial charge on any atom is -0.368 e. The number of fused-ring (bicyclic) bond motifs is 1. The van der Waals surface area contributed by atoms with E-state index in [-0.39, 0.29) is 5.91 Å². The zero-order chi connectivity index (χ0) is 16.5. The Balaban J connectivity index is 1.67. The van der Waals surface area contributed by atoms with Gasteiger partial charge in [-0.3, -0.25) is 4.79 Å². The Morgan fingerprint density at radius 1 is 1.29 bits per heavy atom. The van der Waals surface area contributed by atoms with Gasteiger partial charge in [0.05, 0.1) is 11.9 Å². The van der Waals surface area contributed by atoms with E-state index in [1.165, 1.54) is 19.8 Å². The van der Waals surface area contributed by atoms with Gasteiger partial charge >= 0.3 is 0 Å². The minimum absolute atomic E-state index is 0.0880. The van der Waals surface area contributed by atoms with E-state index in [1.807, 2.05) is 40.9 Å². The molecule has 0 radical (unpaired) electrons. The maximum Gasteiger partial charge on any atom is 0.221 e. The van der Waals surface area contributed by atoms with Crippen LogP contribution in [-0.2, 0) is 4.79 Å². The molecule has 6 heteroatoms. The summed E-state index contributed by atoms with van der Waals surface area (Å²) < 4.78 is 1.84. The van der Waals surface area contributed by atoms with Gasteiger partial charge in [-0.15, -0.1) is 5.10 Å². The van der Waals surface area contributed by atoms with E-state index in [9.17, 15) is 4.79 Å². The molecule has 2 N–H and O–H groups in total. The largest absolute Gasteiger partial charge is 0.368 e. The number of nitrogens with zero attached hydrogens (tertiary/aromatic N) is 3. The maximum absolute atomic E-state index is 11.3. The monoisotopic (exact) mass is 321 g/mol. The number of anilines is 2. The molecule has 6 nitrogen and oxygen atoms in total. The average molecular weight is 321 g/mol. The van der Waals surface area contributed by atoms with Crippen molar-refractivity contribution in [2.24, 2.45) is 5.92 Å². The molecule has 122 valence electrons. The lowest BCUT2D eigenvalue weighted by molar-refractivity contribution is -0.114. The van der Waals surface area contributed by atoms with E-state index in [0.29, 0.717) is 0 Å². The Bertz CT molecular complexity index is 897. The molecule has 1 aliphatic carbocycles. The van der Waals surface area contributed by atoms with Crippen molar-refractivity contribution in [2.75, 3.05) is 17.2 Å². The first-order valence-corrected chi connectivity index (χ1v) is 8.16. The number of amides is 1. The third-order valence-electron chi connectivity index (χ3n) is 4.11. The number of hydrogen-bond acceptors (Lipinski definition) is 4. The highest BCUT2D eigenvalue weighted by molar-refractivity contribution is 5.89. The van der Waals surface area contributed by atoms with Gasteiger partial charge in [0, 0.05) is 24.7 Å². The lowest BCUT2D eigenvalue weighted by Crippen LogP contribution is -2.07. The first kappa shape index (κ1) is 14.7. The Kier molecular flexibility index (Phi) is 3.65. The number of hydrogen-bond donors (Lipinski definition) is 2. The average Bonchev–Trinajstić information content (AvgIpc) is 3.30. The second kappa shape index (κ2) is 5.96. The minimum atomic E-state index is -0.0880. The van der Waals surface area contributed by atoms with E-state index in [0.717, 1.165) is 40.9 Å². The second-order valence-electron chi connectivity index (χ2n) is 6.22. The standard InChI is InChI=1S/C18H19N5O/c1-12(24)21-15-4-2-3-14(9-15)16-11-20-18-8-7-17(22-23(16)18)19-10-13-5-6-13/h2-4,7-9,11,13H,5-6,10H2,1H3,(H,19,22)(H,21,24). The number of aromatic nitrogens is 3. The number of nitrogens with one attached hydrogen (secondary N) is 2. The number of benzene rings is 1.